The van der Waals surface area contributed by atoms with Crippen molar-refractivity contribution >= 4 is 11.6 Å². The summed E-state index contributed by atoms with van der Waals surface area (Å²) in [7, 11) is 1.43. The number of hydrogen-bond acceptors (Lipinski definition) is 3. The van der Waals surface area contributed by atoms with Crippen LogP contribution in [0.3, 0.4) is 0 Å². The quantitative estimate of drug-likeness (QED) is 0.702. The van der Waals surface area contributed by atoms with Crippen LogP contribution in [0, 0.1) is 5.82 Å². The van der Waals surface area contributed by atoms with E-state index in [0.29, 0.717) is 29.1 Å². The van der Waals surface area contributed by atoms with Gasteiger partial charge in [0.15, 0.2) is 0 Å². The number of hydrogen-bond donors (Lipinski definition) is 0. The third kappa shape index (κ3) is 3.01. The van der Waals surface area contributed by atoms with E-state index in [1.54, 1.807) is 22.9 Å². The third-order valence-corrected chi connectivity index (χ3v) is 4.69. The predicted molar refractivity (Wildman–Crippen MR) is 92.7 cm³/mol. The number of carbonyl (C=O) groups excluding carboxylic acids is 1. The second kappa shape index (κ2) is 6.61. The van der Waals surface area contributed by atoms with Crippen LogP contribution >= 0.6 is 0 Å². The fourth-order valence-corrected chi connectivity index (χ4v) is 3.45. The van der Waals surface area contributed by atoms with E-state index in [1.807, 2.05) is 6.07 Å². The van der Waals surface area contributed by atoms with E-state index in [2.05, 4.69) is 4.98 Å². The molecule has 4 rings (SSSR count). The predicted octanol–water partition coefficient (Wildman–Crippen LogP) is 3.41. The molecule has 1 aromatic carbocycles. The Bertz CT molecular complexity index is 1020. The van der Waals surface area contributed by atoms with Gasteiger partial charge in [0.1, 0.15) is 17.2 Å². The summed E-state index contributed by atoms with van der Waals surface area (Å²) in [4.78, 5) is 18.0. The molecule has 1 aliphatic heterocycles. The summed E-state index contributed by atoms with van der Waals surface area (Å²) in [5.74, 6) is -0.518. The van der Waals surface area contributed by atoms with Gasteiger partial charge in [-0.15, -0.1) is 0 Å². The van der Waals surface area contributed by atoms with Crippen molar-refractivity contribution in [1.29, 1.82) is 0 Å². The lowest BCUT2D eigenvalue weighted by Gasteiger charge is -2.29. The fraction of sp³-hybridized carbons (Fsp3) is 0.263. The molecule has 1 aliphatic rings. The second-order valence-corrected chi connectivity index (χ2v) is 6.32. The van der Waals surface area contributed by atoms with Crippen LogP contribution in [0.1, 0.15) is 15.9 Å². The molecule has 3 heterocycles. The Morgan fingerprint density at radius 2 is 2.11 bits per heavy atom. The molecule has 0 saturated carbocycles. The van der Waals surface area contributed by atoms with Crippen LogP contribution in [0.2, 0.25) is 0 Å². The maximum Gasteiger partial charge on any atom is 0.258 e. The first kappa shape index (κ1) is 17.4. The van der Waals surface area contributed by atoms with Crippen molar-refractivity contribution in [2.24, 2.45) is 0 Å². The molecule has 0 N–H and O–H groups in total. The van der Waals surface area contributed by atoms with Crippen molar-refractivity contribution in [3.63, 3.8) is 0 Å². The van der Waals surface area contributed by atoms with Crippen LogP contribution < -0.4 is 4.74 Å². The van der Waals surface area contributed by atoms with Crippen LogP contribution in [0.4, 0.5) is 13.2 Å². The Morgan fingerprint density at radius 3 is 2.85 bits per heavy atom. The second-order valence-electron chi connectivity index (χ2n) is 6.32. The number of fused-ring (bicyclic) bond motifs is 2. The molecule has 8 heteroatoms. The molecule has 0 atom stereocenters. The van der Waals surface area contributed by atoms with Crippen molar-refractivity contribution in [3.05, 3.63) is 53.6 Å². The monoisotopic (exact) mass is 375 g/mol. The molecule has 3 aromatic rings. The number of pyridine rings is 1. The van der Waals surface area contributed by atoms with Gasteiger partial charge in [-0.05, 0) is 30.2 Å². The molecule has 140 valence electrons. The number of methoxy groups -OCH3 is 1. The zero-order valence-electron chi connectivity index (χ0n) is 14.5. The highest BCUT2D eigenvalue weighted by atomic mass is 19.3. The summed E-state index contributed by atoms with van der Waals surface area (Å²) < 4.78 is 45.9. The topological polar surface area (TPSA) is 46.8 Å². The van der Waals surface area contributed by atoms with Crippen molar-refractivity contribution < 1.29 is 22.7 Å². The highest BCUT2D eigenvalue weighted by Crippen LogP contribution is 2.34. The highest BCUT2D eigenvalue weighted by Gasteiger charge is 2.30. The maximum absolute atomic E-state index is 13.4. The van der Waals surface area contributed by atoms with Gasteiger partial charge < -0.3 is 9.64 Å². The van der Waals surface area contributed by atoms with Crippen molar-refractivity contribution in [2.75, 3.05) is 20.2 Å². The maximum atomic E-state index is 13.4. The van der Waals surface area contributed by atoms with Gasteiger partial charge in [0.2, 0.25) is 0 Å². The summed E-state index contributed by atoms with van der Waals surface area (Å²) >= 11 is 0. The summed E-state index contributed by atoms with van der Waals surface area (Å²) in [5.41, 5.74) is 2.97. The Morgan fingerprint density at radius 1 is 1.30 bits per heavy atom. The summed E-state index contributed by atoms with van der Waals surface area (Å²) in [6.45, 7) is -0.372. The lowest BCUT2D eigenvalue weighted by Crippen LogP contribution is -2.40. The number of amides is 1. The minimum absolute atomic E-state index is 0.223. The average molecular weight is 375 g/mol. The Labute approximate surface area is 153 Å². The number of aromatic nitrogens is 2. The number of alkyl halides is 2. The molecular formula is C19H16F3N3O2. The smallest absolute Gasteiger partial charge is 0.258 e. The molecule has 0 radical (unpaired) electrons. The molecule has 5 nitrogen and oxygen atoms in total. The Balaban J connectivity index is 1.80. The van der Waals surface area contributed by atoms with Crippen LogP contribution in [0.15, 0.2) is 36.7 Å². The lowest BCUT2D eigenvalue weighted by molar-refractivity contribution is 0.0534. The number of carbonyl (C=O) groups is 1. The van der Waals surface area contributed by atoms with Gasteiger partial charge >= 0.3 is 0 Å². The Kier molecular flexibility index (Phi) is 4.25. The van der Waals surface area contributed by atoms with Crippen molar-refractivity contribution in [1.82, 2.24) is 14.3 Å². The normalized spacial score (nSPS) is 14.1. The zero-order chi connectivity index (χ0) is 19.1. The van der Waals surface area contributed by atoms with E-state index < -0.39 is 18.9 Å². The number of halogens is 3. The molecule has 0 aliphatic carbocycles. The van der Waals surface area contributed by atoms with E-state index in [9.17, 15) is 18.0 Å². The van der Waals surface area contributed by atoms with E-state index in [1.165, 1.54) is 19.2 Å². The number of benzene rings is 1. The molecule has 0 bridgehead atoms. The third-order valence-electron chi connectivity index (χ3n) is 4.69. The van der Waals surface area contributed by atoms with Gasteiger partial charge in [0, 0.05) is 24.4 Å². The van der Waals surface area contributed by atoms with Gasteiger partial charge in [-0.2, -0.15) is 0 Å². The van der Waals surface area contributed by atoms with E-state index >= 15 is 0 Å². The first-order valence-corrected chi connectivity index (χ1v) is 8.39. The van der Waals surface area contributed by atoms with Crippen LogP contribution in [0.25, 0.3) is 16.9 Å². The first-order valence-electron chi connectivity index (χ1n) is 8.39. The van der Waals surface area contributed by atoms with Gasteiger partial charge in [0.25, 0.3) is 12.3 Å². The zero-order valence-corrected chi connectivity index (χ0v) is 14.5. The number of nitrogens with zero attached hydrogens (tertiary/aromatic N) is 3. The standard InChI is InChI=1S/C19H16F3N3O2/c1-27-15-7-12(14-9-23-17-8-13(20)3-5-25(14)17)6-11-2-4-24(10-16(21)22)19(26)18(11)15/h3,5-9,16H,2,4,10H2,1H3. The summed E-state index contributed by atoms with van der Waals surface area (Å²) in [6.07, 6.45) is 1.06. The number of rotatable bonds is 4. The largest absolute Gasteiger partial charge is 0.496 e. The molecule has 1 amide bonds. The average Bonchev–Trinajstić information content (AvgIpc) is 3.05. The first-order chi connectivity index (χ1) is 13.0. The van der Waals surface area contributed by atoms with Crippen molar-refractivity contribution in [2.45, 2.75) is 12.8 Å². The van der Waals surface area contributed by atoms with Gasteiger partial charge in [0.05, 0.1) is 31.1 Å². The molecule has 0 saturated heterocycles. The highest BCUT2D eigenvalue weighted by molar-refractivity contribution is 6.00. The van der Waals surface area contributed by atoms with Gasteiger partial charge in [-0.3, -0.25) is 9.20 Å². The van der Waals surface area contributed by atoms with E-state index in [4.69, 9.17) is 4.74 Å². The van der Waals surface area contributed by atoms with Crippen LogP contribution in [-0.2, 0) is 6.42 Å². The molecule has 0 fully saturated rings. The van der Waals surface area contributed by atoms with E-state index in [0.717, 1.165) is 16.0 Å². The van der Waals surface area contributed by atoms with E-state index in [-0.39, 0.29) is 12.4 Å². The van der Waals surface area contributed by atoms with Crippen molar-refractivity contribution in [3.8, 4) is 17.0 Å². The van der Waals surface area contributed by atoms with Crippen LogP contribution in [-0.4, -0.2) is 46.8 Å². The summed E-state index contributed by atoms with van der Waals surface area (Å²) in [5, 5.41) is 0. The molecule has 27 heavy (non-hydrogen) atoms. The minimum Gasteiger partial charge on any atom is -0.496 e. The fourth-order valence-electron chi connectivity index (χ4n) is 3.45. The molecule has 0 unspecified atom stereocenters. The van der Waals surface area contributed by atoms with Gasteiger partial charge in [-0.1, -0.05) is 0 Å². The van der Waals surface area contributed by atoms with Crippen LogP contribution in [0.5, 0.6) is 5.75 Å². The Hall–Kier alpha value is -3.03. The van der Waals surface area contributed by atoms with Gasteiger partial charge in [-0.25, -0.2) is 18.2 Å². The molecule has 2 aromatic heterocycles. The number of ether oxygens (including phenoxy) is 1. The lowest BCUT2D eigenvalue weighted by atomic mass is 9.94. The molecular weight excluding hydrogens is 359 g/mol. The SMILES string of the molecule is COc1cc(-c2cnc3cc(F)ccn23)cc2c1C(=O)N(CC(F)F)CC2. The minimum atomic E-state index is -2.58. The summed E-state index contributed by atoms with van der Waals surface area (Å²) in [6, 6.07) is 6.17. The number of imidazole rings is 1. The molecule has 0 spiro atoms.